The fraction of sp³-hybridized carbons (Fsp3) is 0.357. The number of benzene rings is 1. The molecule has 2 rings (SSSR count). The highest BCUT2D eigenvalue weighted by molar-refractivity contribution is 6.06. The van der Waals surface area contributed by atoms with Crippen molar-refractivity contribution in [2.75, 3.05) is 11.9 Å². The second-order valence-electron chi connectivity index (χ2n) is 4.47. The van der Waals surface area contributed by atoms with Crippen LogP contribution >= 0.6 is 0 Å². The lowest BCUT2D eigenvalue weighted by Gasteiger charge is -2.15. The van der Waals surface area contributed by atoms with E-state index in [-0.39, 0.29) is 18.2 Å². The van der Waals surface area contributed by atoms with Crippen LogP contribution in [0, 0.1) is 11.3 Å². The van der Waals surface area contributed by atoms with Gasteiger partial charge in [0.2, 0.25) is 5.91 Å². The van der Waals surface area contributed by atoms with Gasteiger partial charge in [-0.25, -0.2) is 0 Å². The van der Waals surface area contributed by atoms with Gasteiger partial charge in [-0.15, -0.1) is 0 Å². The number of anilines is 1. The van der Waals surface area contributed by atoms with Gasteiger partial charge in [-0.2, -0.15) is 5.26 Å². The zero-order chi connectivity index (χ0) is 13.8. The van der Waals surface area contributed by atoms with Gasteiger partial charge in [-0.1, -0.05) is 6.92 Å². The fourth-order valence-electron chi connectivity index (χ4n) is 2.10. The van der Waals surface area contributed by atoms with Crippen molar-refractivity contribution in [3.63, 3.8) is 0 Å². The molecule has 1 fully saturated rings. The maximum Gasteiger partial charge on any atom is 0.252 e. The summed E-state index contributed by atoms with van der Waals surface area (Å²) in [5.74, 6) is -0.297. The van der Waals surface area contributed by atoms with Crippen molar-refractivity contribution in [3.05, 3.63) is 29.8 Å². The molecule has 0 aliphatic carbocycles. The SMILES string of the molecule is CCCN1C(=O)CC(Nc2ccc(C#N)cc2)C1=O. The fourth-order valence-corrected chi connectivity index (χ4v) is 2.10. The molecule has 0 aromatic heterocycles. The average Bonchev–Trinajstić information content (AvgIpc) is 2.68. The molecule has 5 heteroatoms. The predicted molar refractivity (Wildman–Crippen MR) is 70.2 cm³/mol. The van der Waals surface area contributed by atoms with E-state index in [1.54, 1.807) is 24.3 Å². The number of nitriles is 1. The lowest BCUT2D eigenvalue weighted by atomic mass is 10.2. The Labute approximate surface area is 111 Å². The van der Waals surface area contributed by atoms with E-state index in [0.717, 1.165) is 12.1 Å². The number of hydrogen-bond donors (Lipinski definition) is 1. The highest BCUT2D eigenvalue weighted by Gasteiger charge is 2.37. The molecular formula is C14H15N3O2. The van der Waals surface area contributed by atoms with Crippen molar-refractivity contribution in [1.82, 2.24) is 4.90 Å². The summed E-state index contributed by atoms with van der Waals surface area (Å²) in [6, 6.07) is 8.35. The molecule has 1 N–H and O–H groups in total. The third kappa shape index (κ3) is 2.74. The maximum atomic E-state index is 12.0. The summed E-state index contributed by atoms with van der Waals surface area (Å²) in [6.45, 7) is 2.41. The molecular weight excluding hydrogens is 242 g/mol. The number of amides is 2. The van der Waals surface area contributed by atoms with Gasteiger partial charge in [0.25, 0.3) is 5.91 Å². The third-order valence-electron chi connectivity index (χ3n) is 3.05. The predicted octanol–water partition coefficient (Wildman–Crippen LogP) is 1.51. The van der Waals surface area contributed by atoms with Crippen LogP contribution in [-0.2, 0) is 9.59 Å². The molecule has 1 unspecified atom stereocenters. The number of carbonyl (C=O) groups excluding carboxylic acids is 2. The van der Waals surface area contributed by atoms with Crippen LogP contribution in [0.25, 0.3) is 0 Å². The number of rotatable bonds is 4. The standard InChI is InChI=1S/C14H15N3O2/c1-2-7-17-13(18)8-12(14(17)19)16-11-5-3-10(9-15)4-6-11/h3-6,12,16H,2,7-8H2,1H3. The van der Waals surface area contributed by atoms with E-state index in [1.165, 1.54) is 4.90 Å². The number of likely N-dealkylation sites (tertiary alicyclic amines) is 1. The molecule has 5 nitrogen and oxygen atoms in total. The van der Waals surface area contributed by atoms with Gasteiger partial charge in [0.1, 0.15) is 6.04 Å². The molecule has 19 heavy (non-hydrogen) atoms. The number of nitrogens with zero attached hydrogens (tertiary/aromatic N) is 2. The Morgan fingerprint density at radius 3 is 2.63 bits per heavy atom. The number of hydrogen-bond acceptors (Lipinski definition) is 4. The number of nitrogens with one attached hydrogen (secondary N) is 1. The first-order chi connectivity index (χ1) is 9.15. The Morgan fingerprint density at radius 2 is 2.05 bits per heavy atom. The molecule has 1 aromatic carbocycles. The number of carbonyl (C=O) groups is 2. The topological polar surface area (TPSA) is 73.2 Å². The first-order valence-corrected chi connectivity index (χ1v) is 6.26. The van der Waals surface area contributed by atoms with Gasteiger partial charge in [0, 0.05) is 12.2 Å². The molecule has 1 aliphatic heterocycles. The van der Waals surface area contributed by atoms with E-state index in [0.29, 0.717) is 12.1 Å². The van der Waals surface area contributed by atoms with Crippen molar-refractivity contribution in [1.29, 1.82) is 5.26 Å². The lowest BCUT2D eigenvalue weighted by Crippen LogP contribution is -2.35. The van der Waals surface area contributed by atoms with Crippen LogP contribution in [0.2, 0.25) is 0 Å². The Kier molecular flexibility index (Phi) is 3.81. The van der Waals surface area contributed by atoms with Gasteiger partial charge < -0.3 is 5.32 Å². The molecule has 0 saturated carbocycles. The normalized spacial score (nSPS) is 18.5. The van der Waals surface area contributed by atoms with Crippen molar-refractivity contribution < 1.29 is 9.59 Å². The zero-order valence-corrected chi connectivity index (χ0v) is 10.7. The summed E-state index contributed by atoms with van der Waals surface area (Å²) in [5, 5.41) is 11.7. The van der Waals surface area contributed by atoms with Gasteiger partial charge in [0.15, 0.2) is 0 Å². The second kappa shape index (κ2) is 5.53. The first kappa shape index (κ1) is 13.1. The molecule has 1 aliphatic rings. The molecule has 0 radical (unpaired) electrons. The molecule has 2 amide bonds. The van der Waals surface area contributed by atoms with E-state index in [2.05, 4.69) is 5.32 Å². The van der Waals surface area contributed by atoms with Crippen molar-refractivity contribution in [2.45, 2.75) is 25.8 Å². The minimum Gasteiger partial charge on any atom is -0.373 e. The largest absolute Gasteiger partial charge is 0.373 e. The molecule has 0 spiro atoms. The average molecular weight is 257 g/mol. The van der Waals surface area contributed by atoms with E-state index >= 15 is 0 Å². The Bertz CT molecular complexity index is 531. The highest BCUT2D eigenvalue weighted by Crippen LogP contribution is 2.19. The van der Waals surface area contributed by atoms with Gasteiger partial charge >= 0.3 is 0 Å². The Balaban J connectivity index is 2.05. The van der Waals surface area contributed by atoms with Crippen LogP contribution in [0.3, 0.4) is 0 Å². The van der Waals surface area contributed by atoms with Crippen molar-refractivity contribution >= 4 is 17.5 Å². The van der Waals surface area contributed by atoms with Crippen LogP contribution in [0.5, 0.6) is 0 Å². The van der Waals surface area contributed by atoms with E-state index in [4.69, 9.17) is 5.26 Å². The lowest BCUT2D eigenvalue weighted by molar-refractivity contribution is -0.138. The van der Waals surface area contributed by atoms with Crippen molar-refractivity contribution in [3.8, 4) is 6.07 Å². The Hall–Kier alpha value is -2.35. The molecule has 1 saturated heterocycles. The van der Waals surface area contributed by atoms with Crippen LogP contribution in [0.4, 0.5) is 5.69 Å². The van der Waals surface area contributed by atoms with E-state index in [9.17, 15) is 9.59 Å². The Morgan fingerprint density at radius 1 is 1.37 bits per heavy atom. The van der Waals surface area contributed by atoms with Gasteiger partial charge in [0.05, 0.1) is 18.1 Å². The summed E-state index contributed by atoms with van der Waals surface area (Å²) in [7, 11) is 0. The first-order valence-electron chi connectivity index (χ1n) is 6.26. The third-order valence-corrected chi connectivity index (χ3v) is 3.05. The zero-order valence-electron chi connectivity index (χ0n) is 10.7. The molecule has 0 bridgehead atoms. The van der Waals surface area contributed by atoms with Crippen molar-refractivity contribution in [2.24, 2.45) is 0 Å². The number of imide groups is 1. The molecule has 1 aromatic rings. The van der Waals surface area contributed by atoms with Gasteiger partial charge in [-0.3, -0.25) is 14.5 Å². The summed E-state index contributed by atoms with van der Waals surface area (Å²) in [4.78, 5) is 25.0. The minimum atomic E-state index is -0.494. The highest BCUT2D eigenvalue weighted by atomic mass is 16.2. The van der Waals surface area contributed by atoms with Crippen LogP contribution in [-0.4, -0.2) is 29.3 Å². The molecule has 98 valence electrons. The summed E-state index contributed by atoms with van der Waals surface area (Å²) in [5.41, 5.74) is 1.30. The van der Waals surface area contributed by atoms with Crippen LogP contribution in [0.15, 0.2) is 24.3 Å². The van der Waals surface area contributed by atoms with Crippen LogP contribution < -0.4 is 5.32 Å². The summed E-state index contributed by atoms with van der Waals surface area (Å²) < 4.78 is 0. The minimum absolute atomic E-state index is 0.127. The quantitative estimate of drug-likeness (QED) is 0.830. The van der Waals surface area contributed by atoms with E-state index in [1.807, 2.05) is 13.0 Å². The monoisotopic (exact) mass is 257 g/mol. The summed E-state index contributed by atoms with van der Waals surface area (Å²) in [6.07, 6.45) is 0.958. The van der Waals surface area contributed by atoms with Gasteiger partial charge in [-0.05, 0) is 30.7 Å². The summed E-state index contributed by atoms with van der Waals surface area (Å²) >= 11 is 0. The molecule has 1 atom stereocenters. The van der Waals surface area contributed by atoms with E-state index < -0.39 is 6.04 Å². The maximum absolute atomic E-state index is 12.0. The molecule has 1 heterocycles. The second-order valence-corrected chi connectivity index (χ2v) is 4.47. The van der Waals surface area contributed by atoms with Crippen LogP contribution in [0.1, 0.15) is 25.3 Å². The smallest absolute Gasteiger partial charge is 0.252 e.